The summed E-state index contributed by atoms with van der Waals surface area (Å²) in [5, 5.41) is 12.3. The van der Waals surface area contributed by atoms with E-state index in [4.69, 9.17) is 5.11 Å². The number of nitrogens with zero attached hydrogens (tertiary/aromatic N) is 1. The molecule has 0 aliphatic carbocycles. The highest BCUT2D eigenvalue weighted by molar-refractivity contribution is 5.87. The van der Waals surface area contributed by atoms with Gasteiger partial charge in [0, 0.05) is 25.7 Å². The van der Waals surface area contributed by atoms with E-state index in [2.05, 4.69) is 17.3 Å². The van der Waals surface area contributed by atoms with Gasteiger partial charge in [0.25, 0.3) is 0 Å². The van der Waals surface area contributed by atoms with Gasteiger partial charge < -0.3 is 10.4 Å². The fourth-order valence-corrected chi connectivity index (χ4v) is 2.06. The highest BCUT2D eigenvalue weighted by atomic mass is 16.4. The minimum Gasteiger partial charge on any atom is -0.478 e. The van der Waals surface area contributed by atoms with Crippen molar-refractivity contribution in [2.75, 3.05) is 26.7 Å². The predicted molar refractivity (Wildman–Crippen MR) is 61.6 cm³/mol. The lowest BCUT2D eigenvalue weighted by atomic mass is 10.0. The number of hydrogen-bond acceptors (Lipinski definition) is 3. The standard InChI is InChI=1S/C12H16N2O2/c1-14-6-5-13-8-11(14)9-3-2-4-10(7-9)12(15)16/h2-4,7,11,13H,5-6,8H2,1H3,(H,15,16)/t11-/m1/s1. The molecule has 1 fully saturated rings. The lowest BCUT2D eigenvalue weighted by Gasteiger charge is -2.33. The third-order valence-corrected chi connectivity index (χ3v) is 3.03. The molecule has 1 aromatic rings. The minimum absolute atomic E-state index is 0.271. The van der Waals surface area contributed by atoms with Gasteiger partial charge >= 0.3 is 5.97 Å². The highest BCUT2D eigenvalue weighted by Gasteiger charge is 2.20. The van der Waals surface area contributed by atoms with Gasteiger partial charge in [-0.25, -0.2) is 4.79 Å². The maximum Gasteiger partial charge on any atom is 0.335 e. The summed E-state index contributed by atoms with van der Waals surface area (Å²) < 4.78 is 0. The number of aromatic carboxylic acids is 1. The molecule has 2 rings (SSSR count). The average Bonchev–Trinajstić information content (AvgIpc) is 2.30. The number of carboxylic acids is 1. The summed E-state index contributed by atoms with van der Waals surface area (Å²) in [4.78, 5) is 13.1. The van der Waals surface area contributed by atoms with Crippen LogP contribution in [0.3, 0.4) is 0 Å². The van der Waals surface area contributed by atoms with E-state index < -0.39 is 5.97 Å². The number of benzene rings is 1. The largest absolute Gasteiger partial charge is 0.478 e. The molecule has 0 unspecified atom stereocenters. The van der Waals surface area contributed by atoms with Crippen LogP contribution in [-0.4, -0.2) is 42.7 Å². The van der Waals surface area contributed by atoms with E-state index >= 15 is 0 Å². The van der Waals surface area contributed by atoms with Crippen molar-refractivity contribution in [3.63, 3.8) is 0 Å². The van der Waals surface area contributed by atoms with Crippen molar-refractivity contribution in [3.8, 4) is 0 Å². The first-order chi connectivity index (χ1) is 7.68. The molecule has 2 N–H and O–H groups in total. The zero-order valence-corrected chi connectivity index (χ0v) is 9.31. The summed E-state index contributed by atoms with van der Waals surface area (Å²) in [7, 11) is 2.07. The van der Waals surface area contributed by atoms with E-state index in [0.717, 1.165) is 25.2 Å². The molecular formula is C12H16N2O2. The number of carboxylic acid groups (broad SMARTS) is 1. The molecule has 0 saturated carbocycles. The third-order valence-electron chi connectivity index (χ3n) is 3.03. The van der Waals surface area contributed by atoms with E-state index in [-0.39, 0.29) is 6.04 Å². The van der Waals surface area contributed by atoms with E-state index in [0.29, 0.717) is 5.56 Å². The second-order valence-corrected chi connectivity index (χ2v) is 4.13. The summed E-state index contributed by atoms with van der Waals surface area (Å²) in [6.45, 7) is 2.85. The van der Waals surface area contributed by atoms with Gasteiger partial charge in [0.1, 0.15) is 0 Å². The van der Waals surface area contributed by atoms with Crippen molar-refractivity contribution in [1.82, 2.24) is 10.2 Å². The molecule has 1 aliphatic heterocycles. The maximum absolute atomic E-state index is 10.9. The molecule has 86 valence electrons. The summed E-state index contributed by atoms with van der Waals surface area (Å²) in [6, 6.07) is 7.45. The summed E-state index contributed by atoms with van der Waals surface area (Å²) in [5.41, 5.74) is 1.42. The Balaban J connectivity index is 2.25. The smallest absolute Gasteiger partial charge is 0.335 e. The molecule has 0 bridgehead atoms. The van der Waals surface area contributed by atoms with Crippen molar-refractivity contribution < 1.29 is 9.90 Å². The third kappa shape index (κ3) is 2.23. The van der Waals surface area contributed by atoms with Crippen LogP contribution in [0.25, 0.3) is 0 Å². The van der Waals surface area contributed by atoms with E-state index in [1.54, 1.807) is 18.2 Å². The van der Waals surface area contributed by atoms with Crippen LogP contribution in [-0.2, 0) is 0 Å². The zero-order valence-electron chi connectivity index (χ0n) is 9.31. The van der Waals surface area contributed by atoms with Gasteiger partial charge in [-0.2, -0.15) is 0 Å². The van der Waals surface area contributed by atoms with E-state index in [1.807, 2.05) is 6.07 Å². The van der Waals surface area contributed by atoms with Crippen LogP contribution in [0.1, 0.15) is 22.0 Å². The molecule has 16 heavy (non-hydrogen) atoms. The predicted octanol–water partition coefficient (Wildman–Crippen LogP) is 0.961. The van der Waals surface area contributed by atoms with Crippen LogP contribution >= 0.6 is 0 Å². The second-order valence-electron chi connectivity index (χ2n) is 4.13. The molecule has 1 heterocycles. The van der Waals surface area contributed by atoms with Crippen LogP contribution in [0.5, 0.6) is 0 Å². The molecular weight excluding hydrogens is 204 g/mol. The second kappa shape index (κ2) is 4.63. The summed E-state index contributed by atoms with van der Waals surface area (Å²) in [6.07, 6.45) is 0. The van der Waals surface area contributed by atoms with Crippen molar-refractivity contribution in [2.45, 2.75) is 6.04 Å². The Morgan fingerprint density at radius 2 is 2.38 bits per heavy atom. The zero-order chi connectivity index (χ0) is 11.5. The first-order valence-electron chi connectivity index (χ1n) is 5.42. The van der Waals surface area contributed by atoms with Crippen LogP contribution in [0.2, 0.25) is 0 Å². The number of rotatable bonds is 2. The lowest BCUT2D eigenvalue weighted by molar-refractivity contribution is 0.0696. The van der Waals surface area contributed by atoms with Crippen LogP contribution in [0.4, 0.5) is 0 Å². The highest BCUT2D eigenvalue weighted by Crippen LogP contribution is 2.21. The Bertz CT molecular complexity index is 392. The number of carbonyl (C=O) groups is 1. The van der Waals surface area contributed by atoms with Crippen LogP contribution < -0.4 is 5.32 Å². The monoisotopic (exact) mass is 220 g/mol. The number of likely N-dealkylation sites (N-methyl/N-ethyl adjacent to an activating group) is 1. The molecule has 0 aromatic heterocycles. The van der Waals surface area contributed by atoms with Crippen molar-refractivity contribution in [2.24, 2.45) is 0 Å². The Morgan fingerprint density at radius 3 is 3.06 bits per heavy atom. The first kappa shape index (κ1) is 11.1. The van der Waals surface area contributed by atoms with E-state index in [1.165, 1.54) is 0 Å². The lowest BCUT2D eigenvalue weighted by Crippen LogP contribution is -2.43. The van der Waals surface area contributed by atoms with Crippen molar-refractivity contribution >= 4 is 5.97 Å². The molecule has 1 aromatic carbocycles. The Morgan fingerprint density at radius 1 is 1.56 bits per heavy atom. The van der Waals surface area contributed by atoms with Gasteiger partial charge in [-0.05, 0) is 24.7 Å². The van der Waals surface area contributed by atoms with Crippen LogP contribution in [0.15, 0.2) is 24.3 Å². The number of piperazine rings is 1. The normalized spacial score (nSPS) is 21.9. The summed E-state index contributed by atoms with van der Waals surface area (Å²) in [5.74, 6) is -0.867. The van der Waals surface area contributed by atoms with Crippen molar-refractivity contribution in [1.29, 1.82) is 0 Å². The van der Waals surface area contributed by atoms with Crippen molar-refractivity contribution in [3.05, 3.63) is 35.4 Å². The fraction of sp³-hybridized carbons (Fsp3) is 0.417. The minimum atomic E-state index is -0.867. The summed E-state index contributed by atoms with van der Waals surface area (Å²) >= 11 is 0. The average molecular weight is 220 g/mol. The first-order valence-corrected chi connectivity index (χ1v) is 5.42. The van der Waals surface area contributed by atoms with Gasteiger partial charge in [0.15, 0.2) is 0 Å². The molecule has 0 spiro atoms. The Labute approximate surface area is 94.9 Å². The Hall–Kier alpha value is -1.39. The van der Waals surface area contributed by atoms with E-state index in [9.17, 15) is 4.79 Å². The Kier molecular flexibility index (Phi) is 3.22. The number of hydrogen-bond donors (Lipinski definition) is 2. The van der Waals surface area contributed by atoms with Gasteiger partial charge in [0.2, 0.25) is 0 Å². The van der Waals surface area contributed by atoms with Crippen LogP contribution in [0, 0.1) is 0 Å². The molecule has 4 nitrogen and oxygen atoms in total. The topological polar surface area (TPSA) is 52.6 Å². The van der Waals surface area contributed by atoms with Gasteiger partial charge in [0.05, 0.1) is 5.56 Å². The molecule has 1 saturated heterocycles. The molecule has 1 atom stereocenters. The van der Waals surface area contributed by atoms with Gasteiger partial charge in [-0.15, -0.1) is 0 Å². The van der Waals surface area contributed by atoms with Gasteiger partial charge in [-0.3, -0.25) is 4.90 Å². The molecule has 1 aliphatic rings. The number of nitrogens with one attached hydrogen (secondary N) is 1. The maximum atomic E-state index is 10.9. The molecule has 0 radical (unpaired) electrons. The molecule has 4 heteroatoms. The quantitative estimate of drug-likeness (QED) is 0.779. The molecule has 0 amide bonds. The van der Waals surface area contributed by atoms with Gasteiger partial charge in [-0.1, -0.05) is 12.1 Å². The SMILES string of the molecule is CN1CCNC[C@@H]1c1cccc(C(=O)O)c1. The fourth-order valence-electron chi connectivity index (χ4n) is 2.06.